The minimum absolute atomic E-state index is 0.251. The van der Waals surface area contributed by atoms with Gasteiger partial charge >= 0.3 is 11.9 Å². The van der Waals surface area contributed by atoms with Gasteiger partial charge in [-0.2, -0.15) is 0 Å². The Labute approximate surface area is 206 Å². The van der Waals surface area contributed by atoms with E-state index in [0.29, 0.717) is 31.7 Å². The van der Waals surface area contributed by atoms with E-state index in [4.69, 9.17) is 9.47 Å². The summed E-state index contributed by atoms with van der Waals surface area (Å²) >= 11 is 1.27. The number of carbonyl (C=O) groups excluding carboxylic acids is 2. The van der Waals surface area contributed by atoms with Gasteiger partial charge in [0.05, 0.1) is 40.6 Å². The summed E-state index contributed by atoms with van der Waals surface area (Å²) in [5.74, 6) is -0.999. The molecule has 0 saturated carbocycles. The summed E-state index contributed by atoms with van der Waals surface area (Å²) in [4.78, 5) is 43.8. The largest absolute Gasteiger partial charge is 0.465 e. The minimum atomic E-state index is -0.746. The molecule has 4 rings (SSSR count). The maximum absolute atomic E-state index is 13.6. The van der Waals surface area contributed by atoms with Crippen LogP contribution in [0.4, 0.5) is 0 Å². The van der Waals surface area contributed by atoms with Crippen molar-refractivity contribution in [1.29, 1.82) is 0 Å². The van der Waals surface area contributed by atoms with Gasteiger partial charge in [0.1, 0.15) is 0 Å². The summed E-state index contributed by atoms with van der Waals surface area (Å²) in [5, 5.41) is 0. The maximum Gasteiger partial charge on any atom is 0.338 e. The molecule has 7 nitrogen and oxygen atoms in total. The molecule has 1 atom stereocenters. The molecule has 0 bridgehead atoms. The maximum atomic E-state index is 13.6. The van der Waals surface area contributed by atoms with Gasteiger partial charge in [-0.25, -0.2) is 14.6 Å². The molecule has 0 amide bonds. The zero-order chi connectivity index (χ0) is 25.3. The Kier molecular flexibility index (Phi) is 6.84. The second-order valence-electron chi connectivity index (χ2n) is 8.56. The Morgan fingerprint density at radius 3 is 2.29 bits per heavy atom. The van der Waals surface area contributed by atoms with Crippen molar-refractivity contribution < 1.29 is 19.1 Å². The Morgan fingerprint density at radius 2 is 1.69 bits per heavy atom. The second kappa shape index (κ2) is 9.84. The molecule has 0 N–H and O–H groups in total. The van der Waals surface area contributed by atoms with Crippen LogP contribution < -0.4 is 14.9 Å². The third-order valence-corrected chi connectivity index (χ3v) is 6.59. The van der Waals surface area contributed by atoms with Crippen molar-refractivity contribution in [2.24, 2.45) is 4.99 Å². The molecule has 8 heteroatoms. The van der Waals surface area contributed by atoms with Crippen molar-refractivity contribution in [3.05, 3.63) is 102 Å². The van der Waals surface area contributed by atoms with Gasteiger partial charge in [0.15, 0.2) is 4.80 Å². The van der Waals surface area contributed by atoms with Crippen LogP contribution in [0.15, 0.2) is 69.6 Å². The van der Waals surface area contributed by atoms with E-state index in [1.807, 2.05) is 37.3 Å². The van der Waals surface area contributed by atoms with Crippen molar-refractivity contribution in [3.63, 3.8) is 0 Å². The monoisotopic (exact) mass is 490 g/mol. The van der Waals surface area contributed by atoms with Gasteiger partial charge in [-0.3, -0.25) is 9.36 Å². The zero-order valence-corrected chi connectivity index (χ0v) is 21.0. The first-order chi connectivity index (χ1) is 16.7. The number of methoxy groups -OCH3 is 1. The summed E-state index contributed by atoms with van der Waals surface area (Å²) in [6.07, 6.45) is 1.49. The van der Waals surface area contributed by atoms with Crippen molar-refractivity contribution >= 4 is 29.4 Å². The lowest BCUT2D eigenvalue weighted by Gasteiger charge is -2.25. The lowest BCUT2D eigenvalue weighted by Crippen LogP contribution is -2.40. The van der Waals surface area contributed by atoms with Gasteiger partial charge in [-0.15, -0.1) is 0 Å². The predicted molar refractivity (Wildman–Crippen MR) is 134 cm³/mol. The summed E-state index contributed by atoms with van der Waals surface area (Å²) < 4.78 is 12.3. The zero-order valence-electron chi connectivity index (χ0n) is 20.2. The average Bonchev–Trinajstić information content (AvgIpc) is 3.13. The van der Waals surface area contributed by atoms with E-state index in [2.05, 4.69) is 4.99 Å². The number of benzene rings is 2. The number of rotatable bonds is 5. The molecule has 1 aliphatic rings. The predicted octanol–water partition coefficient (Wildman–Crippen LogP) is 3.28. The Bertz CT molecular complexity index is 1490. The minimum Gasteiger partial charge on any atom is -0.465 e. The molecule has 2 aromatic carbocycles. The number of aryl methyl sites for hydroxylation is 1. The fourth-order valence-electron chi connectivity index (χ4n) is 3.91. The van der Waals surface area contributed by atoms with E-state index < -0.39 is 18.0 Å². The molecule has 1 aromatic heterocycles. The molecular formula is C27H26N2O5S. The number of hydrogen-bond acceptors (Lipinski definition) is 7. The molecule has 0 fully saturated rings. The van der Waals surface area contributed by atoms with E-state index in [9.17, 15) is 14.4 Å². The number of thiazole rings is 1. The Hall–Kier alpha value is -3.78. The van der Waals surface area contributed by atoms with E-state index in [-0.39, 0.29) is 11.7 Å². The van der Waals surface area contributed by atoms with Crippen molar-refractivity contribution in [2.45, 2.75) is 39.8 Å². The van der Waals surface area contributed by atoms with Crippen LogP contribution in [0.1, 0.15) is 53.9 Å². The van der Waals surface area contributed by atoms with Gasteiger partial charge in [-0.1, -0.05) is 53.3 Å². The highest BCUT2D eigenvalue weighted by molar-refractivity contribution is 7.07. The third-order valence-electron chi connectivity index (χ3n) is 5.61. The first-order valence-electron chi connectivity index (χ1n) is 11.2. The first kappa shape index (κ1) is 24.3. The van der Waals surface area contributed by atoms with Gasteiger partial charge in [0.2, 0.25) is 0 Å². The highest BCUT2D eigenvalue weighted by Gasteiger charge is 2.33. The number of carbonyl (C=O) groups is 2. The molecule has 2 heterocycles. The number of ether oxygens (including phenoxy) is 2. The molecule has 1 aliphatic heterocycles. The molecule has 0 saturated heterocycles. The van der Waals surface area contributed by atoms with E-state index in [0.717, 1.165) is 11.1 Å². The summed E-state index contributed by atoms with van der Waals surface area (Å²) in [5.41, 5.74) is 3.58. The van der Waals surface area contributed by atoms with Crippen molar-refractivity contribution in [2.75, 3.05) is 7.11 Å². The van der Waals surface area contributed by atoms with Gasteiger partial charge in [0.25, 0.3) is 5.56 Å². The number of allylic oxidation sites excluding steroid dienone is 1. The quantitative estimate of drug-likeness (QED) is 0.513. The van der Waals surface area contributed by atoms with Crippen molar-refractivity contribution in [3.8, 4) is 0 Å². The molecule has 180 valence electrons. The Balaban J connectivity index is 1.91. The van der Waals surface area contributed by atoms with E-state index in [1.54, 1.807) is 45.0 Å². The van der Waals surface area contributed by atoms with Gasteiger partial charge in [-0.05, 0) is 57.0 Å². The lowest BCUT2D eigenvalue weighted by atomic mass is 9.95. The SMILES string of the molecule is COC(=O)c1ccc([C@@H]2C(C(=O)OC(C)C)=C(C)N=c3s/c(=C/c4ccc(C)cc4)c(=O)n32)cc1. The van der Waals surface area contributed by atoms with E-state index in [1.165, 1.54) is 23.0 Å². The normalized spacial score (nSPS) is 15.6. The summed E-state index contributed by atoms with van der Waals surface area (Å²) in [6, 6.07) is 13.8. The van der Waals surface area contributed by atoms with Crippen LogP contribution in [-0.2, 0) is 14.3 Å². The number of fused-ring (bicyclic) bond motifs is 1. The van der Waals surface area contributed by atoms with Crippen molar-refractivity contribution in [1.82, 2.24) is 4.57 Å². The molecule has 35 heavy (non-hydrogen) atoms. The fraction of sp³-hybridized carbons (Fsp3) is 0.259. The molecule has 0 spiro atoms. The Morgan fingerprint density at radius 1 is 1.03 bits per heavy atom. The molecule has 0 aliphatic carbocycles. The van der Waals surface area contributed by atoms with Crippen LogP contribution >= 0.6 is 11.3 Å². The number of aromatic nitrogens is 1. The van der Waals surface area contributed by atoms with Gasteiger partial charge < -0.3 is 9.47 Å². The average molecular weight is 491 g/mol. The number of hydrogen-bond donors (Lipinski definition) is 0. The standard InChI is InChI=1S/C27H26N2O5S/c1-15(2)34-26(32)22-17(4)28-27-29(23(22)19-10-12-20(13-11-19)25(31)33-5)24(30)21(35-27)14-18-8-6-16(3)7-9-18/h6-15,23H,1-5H3/b21-14+/t23-/m1/s1. The number of nitrogens with zero attached hydrogens (tertiary/aromatic N) is 2. The molecule has 0 unspecified atom stereocenters. The van der Waals surface area contributed by atoms with Crippen LogP contribution in [0, 0.1) is 6.92 Å². The van der Waals surface area contributed by atoms with Crippen LogP contribution in [0.5, 0.6) is 0 Å². The highest BCUT2D eigenvalue weighted by Crippen LogP contribution is 2.31. The highest BCUT2D eigenvalue weighted by atomic mass is 32.1. The molecule has 0 radical (unpaired) electrons. The third kappa shape index (κ3) is 4.88. The van der Waals surface area contributed by atoms with Crippen LogP contribution in [0.2, 0.25) is 0 Å². The van der Waals surface area contributed by atoms with Crippen LogP contribution in [0.3, 0.4) is 0 Å². The summed E-state index contributed by atoms with van der Waals surface area (Å²) in [6.45, 7) is 7.28. The van der Waals surface area contributed by atoms with Crippen LogP contribution in [0.25, 0.3) is 6.08 Å². The van der Waals surface area contributed by atoms with Crippen LogP contribution in [-0.4, -0.2) is 29.7 Å². The summed E-state index contributed by atoms with van der Waals surface area (Å²) in [7, 11) is 1.31. The smallest absolute Gasteiger partial charge is 0.338 e. The molecular weight excluding hydrogens is 464 g/mol. The second-order valence-corrected chi connectivity index (χ2v) is 9.57. The first-order valence-corrected chi connectivity index (χ1v) is 12.0. The molecule has 3 aromatic rings. The number of esters is 2. The van der Waals surface area contributed by atoms with Gasteiger partial charge in [0, 0.05) is 0 Å². The fourth-order valence-corrected chi connectivity index (χ4v) is 4.96. The lowest BCUT2D eigenvalue weighted by molar-refractivity contribution is -0.143. The topological polar surface area (TPSA) is 87.0 Å². The van der Waals surface area contributed by atoms with E-state index >= 15 is 0 Å².